The number of rotatable bonds is 3. The highest BCUT2D eigenvalue weighted by Crippen LogP contribution is 2.30. The van der Waals surface area contributed by atoms with Gasteiger partial charge >= 0.3 is 0 Å². The average Bonchev–Trinajstić information content (AvgIpc) is 2.97. The lowest BCUT2D eigenvalue weighted by molar-refractivity contribution is -0.122. The van der Waals surface area contributed by atoms with Crippen molar-refractivity contribution in [1.82, 2.24) is 10.6 Å². The van der Waals surface area contributed by atoms with E-state index in [1.165, 1.54) is 34.6 Å². The molecule has 3 rings (SSSR count). The van der Waals surface area contributed by atoms with Crippen molar-refractivity contribution in [2.75, 3.05) is 18.1 Å². The van der Waals surface area contributed by atoms with E-state index in [2.05, 4.69) is 16.7 Å². The molecule has 0 radical (unpaired) electrons. The molecule has 0 aromatic carbocycles. The molecule has 1 saturated heterocycles. The van der Waals surface area contributed by atoms with Gasteiger partial charge in [-0.05, 0) is 30.9 Å². The number of aryl methyl sites for hydroxylation is 2. The SMILES string of the molecule is O=C(NCc1cc2c(s1)CCC2)C1CSCCN1. The molecule has 0 bridgehead atoms. The summed E-state index contributed by atoms with van der Waals surface area (Å²) in [5, 5.41) is 6.32. The van der Waals surface area contributed by atoms with Crippen molar-refractivity contribution in [3.63, 3.8) is 0 Å². The minimum atomic E-state index is -0.00411. The summed E-state index contributed by atoms with van der Waals surface area (Å²) in [7, 11) is 0. The van der Waals surface area contributed by atoms with Gasteiger partial charge in [0.05, 0.1) is 12.6 Å². The molecule has 1 aliphatic heterocycles. The number of hydrogen-bond donors (Lipinski definition) is 2. The van der Waals surface area contributed by atoms with Crippen molar-refractivity contribution >= 4 is 29.0 Å². The van der Waals surface area contributed by atoms with Crippen molar-refractivity contribution in [1.29, 1.82) is 0 Å². The second-order valence-electron chi connectivity index (χ2n) is 4.81. The molecular formula is C13H18N2OS2. The Bertz CT molecular complexity index is 417. The Labute approximate surface area is 116 Å². The van der Waals surface area contributed by atoms with Crippen LogP contribution in [-0.2, 0) is 24.2 Å². The van der Waals surface area contributed by atoms with Gasteiger partial charge in [-0.25, -0.2) is 0 Å². The minimum Gasteiger partial charge on any atom is -0.350 e. The van der Waals surface area contributed by atoms with Gasteiger partial charge in [0.15, 0.2) is 0 Å². The number of amides is 1. The molecule has 2 aliphatic rings. The van der Waals surface area contributed by atoms with Gasteiger partial charge in [-0.1, -0.05) is 0 Å². The van der Waals surface area contributed by atoms with E-state index in [0.29, 0.717) is 6.54 Å². The highest BCUT2D eigenvalue weighted by molar-refractivity contribution is 7.99. The molecule has 0 spiro atoms. The standard InChI is InChI=1S/C13H18N2OS2/c16-13(11-8-17-5-4-14-11)15-7-10-6-9-2-1-3-12(9)18-10/h6,11,14H,1-5,7-8H2,(H,15,16). The molecule has 1 amide bonds. The first-order valence-electron chi connectivity index (χ1n) is 6.52. The Morgan fingerprint density at radius 2 is 2.44 bits per heavy atom. The number of nitrogens with one attached hydrogen (secondary N) is 2. The Morgan fingerprint density at radius 3 is 3.22 bits per heavy atom. The summed E-state index contributed by atoms with van der Waals surface area (Å²) in [6, 6.07) is 2.27. The largest absolute Gasteiger partial charge is 0.350 e. The van der Waals surface area contributed by atoms with Crippen molar-refractivity contribution in [3.05, 3.63) is 21.4 Å². The van der Waals surface area contributed by atoms with Crippen LogP contribution in [0.2, 0.25) is 0 Å². The zero-order valence-electron chi connectivity index (χ0n) is 10.3. The Balaban J connectivity index is 1.52. The van der Waals surface area contributed by atoms with Crippen molar-refractivity contribution in [3.8, 4) is 0 Å². The van der Waals surface area contributed by atoms with E-state index in [1.54, 1.807) is 0 Å². The third kappa shape index (κ3) is 2.73. The first-order chi connectivity index (χ1) is 8.83. The van der Waals surface area contributed by atoms with Gasteiger partial charge in [-0.15, -0.1) is 11.3 Å². The van der Waals surface area contributed by atoms with Gasteiger partial charge in [0.1, 0.15) is 0 Å². The summed E-state index contributed by atoms with van der Waals surface area (Å²) < 4.78 is 0. The number of carbonyl (C=O) groups is 1. The second-order valence-corrected chi connectivity index (χ2v) is 7.19. The highest BCUT2D eigenvalue weighted by atomic mass is 32.2. The van der Waals surface area contributed by atoms with E-state index < -0.39 is 0 Å². The zero-order valence-corrected chi connectivity index (χ0v) is 12.0. The van der Waals surface area contributed by atoms with Gasteiger partial charge in [0.25, 0.3) is 0 Å². The minimum absolute atomic E-state index is 0.00411. The third-order valence-corrected chi connectivity index (χ3v) is 5.77. The van der Waals surface area contributed by atoms with E-state index in [-0.39, 0.29) is 11.9 Å². The summed E-state index contributed by atoms with van der Waals surface area (Å²) >= 11 is 3.72. The molecule has 1 unspecified atom stereocenters. The molecule has 0 saturated carbocycles. The molecule has 3 nitrogen and oxygen atoms in total. The van der Waals surface area contributed by atoms with E-state index in [4.69, 9.17) is 0 Å². The average molecular weight is 282 g/mol. The van der Waals surface area contributed by atoms with Gasteiger partial charge in [-0.3, -0.25) is 4.79 Å². The molecule has 1 fully saturated rings. The number of hydrogen-bond acceptors (Lipinski definition) is 4. The second kappa shape index (κ2) is 5.63. The number of fused-ring (bicyclic) bond motifs is 1. The number of thioether (sulfide) groups is 1. The van der Waals surface area contributed by atoms with E-state index in [1.807, 2.05) is 23.1 Å². The van der Waals surface area contributed by atoms with Crippen molar-refractivity contribution in [2.24, 2.45) is 0 Å². The fraction of sp³-hybridized carbons (Fsp3) is 0.615. The van der Waals surface area contributed by atoms with Crippen LogP contribution in [-0.4, -0.2) is 30.0 Å². The van der Waals surface area contributed by atoms with Crippen LogP contribution in [0.1, 0.15) is 21.7 Å². The van der Waals surface area contributed by atoms with Crippen LogP contribution in [0.4, 0.5) is 0 Å². The van der Waals surface area contributed by atoms with Crippen molar-refractivity contribution in [2.45, 2.75) is 31.8 Å². The van der Waals surface area contributed by atoms with Crippen LogP contribution in [0.25, 0.3) is 0 Å². The monoisotopic (exact) mass is 282 g/mol. The number of thiophene rings is 1. The highest BCUT2D eigenvalue weighted by Gasteiger charge is 2.21. The maximum Gasteiger partial charge on any atom is 0.238 e. The first kappa shape index (κ1) is 12.5. The van der Waals surface area contributed by atoms with Crippen LogP contribution in [0.15, 0.2) is 6.07 Å². The van der Waals surface area contributed by atoms with E-state index >= 15 is 0 Å². The van der Waals surface area contributed by atoms with Crippen LogP contribution in [0.5, 0.6) is 0 Å². The van der Waals surface area contributed by atoms with E-state index in [9.17, 15) is 4.79 Å². The lowest BCUT2D eigenvalue weighted by atomic mass is 10.2. The van der Waals surface area contributed by atoms with E-state index in [0.717, 1.165) is 18.1 Å². The van der Waals surface area contributed by atoms with Gasteiger partial charge in [-0.2, -0.15) is 11.8 Å². The molecule has 98 valence electrons. The molecule has 1 aromatic heterocycles. The molecule has 2 heterocycles. The predicted octanol–water partition coefficient (Wildman–Crippen LogP) is 1.56. The molecule has 1 aromatic rings. The normalized spacial score (nSPS) is 22.8. The lowest BCUT2D eigenvalue weighted by Gasteiger charge is -2.22. The Morgan fingerprint density at radius 1 is 1.50 bits per heavy atom. The fourth-order valence-corrected chi connectivity index (χ4v) is 4.64. The first-order valence-corrected chi connectivity index (χ1v) is 8.49. The smallest absolute Gasteiger partial charge is 0.238 e. The molecule has 18 heavy (non-hydrogen) atoms. The molecule has 5 heteroatoms. The van der Waals surface area contributed by atoms with Crippen LogP contribution in [0, 0.1) is 0 Å². The zero-order chi connectivity index (χ0) is 12.4. The summed E-state index contributed by atoms with van der Waals surface area (Å²) in [5.74, 6) is 2.16. The van der Waals surface area contributed by atoms with Crippen LogP contribution < -0.4 is 10.6 Å². The molecule has 1 aliphatic carbocycles. The number of carbonyl (C=O) groups excluding carboxylic acids is 1. The molecular weight excluding hydrogens is 264 g/mol. The van der Waals surface area contributed by atoms with Crippen LogP contribution in [0.3, 0.4) is 0 Å². The maximum atomic E-state index is 12.0. The van der Waals surface area contributed by atoms with Gasteiger partial charge in [0, 0.05) is 27.8 Å². The fourth-order valence-electron chi connectivity index (χ4n) is 2.51. The summed E-state index contributed by atoms with van der Waals surface area (Å²) in [6.45, 7) is 1.63. The lowest BCUT2D eigenvalue weighted by Crippen LogP contribution is -2.48. The van der Waals surface area contributed by atoms with Gasteiger partial charge in [0.2, 0.25) is 5.91 Å². The topological polar surface area (TPSA) is 41.1 Å². The molecule has 1 atom stereocenters. The summed E-state index contributed by atoms with van der Waals surface area (Å²) in [6.07, 6.45) is 3.76. The molecule has 2 N–H and O–H groups in total. The van der Waals surface area contributed by atoms with Crippen LogP contribution >= 0.6 is 23.1 Å². The summed E-state index contributed by atoms with van der Waals surface area (Å²) in [5.41, 5.74) is 1.51. The maximum absolute atomic E-state index is 12.0. The summed E-state index contributed by atoms with van der Waals surface area (Å²) in [4.78, 5) is 14.8. The quantitative estimate of drug-likeness (QED) is 0.884. The van der Waals surface area contributed by atoms with Gasteiger partial charge < -0.3 is 10.6 Å². The third-order valence-electron chi connectivity index (χ3n) is 3.47. The predicted molar refractivity (Wildman–Crippen MR) is 77.3 cm³/mol. The Hall–Kier alpha value is -0.520. The Kier molecular flexibility index (Phi) is 3.91. The van der Waals surface area contributed by atoms with Crippen molar-refractivity contribution < 1.29 is 4.79 Å².